The standard InChI is InChI=1S/C27H24ClN5/c1-17(2)30-24-16-27-25(15-23(24)31-21-8-6-14-29-18(21)3)32-22-7-4-5-9-26(22)33(27)20-12-10-19(28)11-13-20/h4-17,31H,1-3H3/b30-24+. The first-order chi connectivity index (χ1) is 16.0. The van der Waals surface area contributed by atoms with Gasteiger partial charge in [0.2, 0.25) is 0 Å². The van der Waals surface area contributed by atoms with E-state index in [1.165, 1.54) is 0 Å². The van der Waals surface area contributed by atoms with Gasteiger partial charge in [-0.1, -0.05) is 23.7 Å². The molecule has 2 aliphatic rings. The molecule has 1 aliphatic carbocycles. The lowest BCUT2D eigenvalue weighted by molar-refractivity contribution is 0.806. The molecule has 0 unspecified atom stereocenters. The molecule has 0 radical (unpaired) electrons. The molecule has 33 heavy (non-hydrogen) atoms. The van der Waals surface area contributed by atoms with Crippen LogP contribution in [0.2, 0.25) is 5.02 Å². The maximum absolute atomic E-state index is 6.18. The van der Waals surface area contributed by atoms with Crippen LogP contribution >= 0.6 is 11.6 Å². The van der Waals surface area contributed by atoms with E-state index in [1.54, 1.807) is 6.20 Å². The second-order valence-corrected chi connectivity index (χ2v) is 8.69. The van der Waals surface area contributed by atoms with E-state index in [0.717, 1.165) is 50.5 Å². The molecule has 3 aromatic rings. The van der Waals surface area contributed by atoms with E-state index in [9.17, 15) is 0 Å². The van der Waals surface area contributed by atoms with Crippen molar-refractivity contribution in [1.82, 2.24) is 14.5 Å². The van der Waals surface area contributed by atoms with Gasteiger partial charge in [0.05, 0.1) is 44.8 Å². The SMILES string of the molecule is Cc1ncccc1Nc1cc2nc3ccccc3n(-c3ccc(Cl)cc3)c-2c/c1=N\C(C)C. The molecule has 1 aliphatic heterocycles. The zero-order valence-corrected chi connectivity index (χ0v) is 19.5. The van der Waals surface area contributed by atoms with Crippen molar-refractivity contribution in [2.75, 3.05) is 5.32 Å². The third-order valence-electron chi connectivity index (χ3n) is 5.46. The summed E-state index contributed by atoms with van der Waals surface area (Å²) >= 11 is 6.18. The van der Waals surface area contributed by atoms with E-state index in [-0.39, 0.29) is 6.04 Å². The molecule has 2 heterocycles. The highest BCUT2D eigenvalue weighted by atomic mass is 35.5. The van der Waals surface area contributed by atoms with Crippen molar-refractivity contribution in [3.63, 3.8) is 0 Å². The van der Waals surface area contributed by atoms with Crippen molar-refractivity contribution >= 4 is 34.0 Å². The lowest BCUT2D eigenvalue weighted by atomic mass is 10.1. The Morgan fingerprint density at radius 3 is 2.48 bits per heavy atom. The summed E-state index contributed by atoms with van der Waals surface area (Å²) in [6, 6.07) is 24.3. The van der Waals surface area contributed by atoms with Gasteiger partial charge in [-0.15, -0.1) is 0 Å². The normalized spacial score (nSPS) is 12.1. The number of aromatic nitrogens is 3. The fourth-order valence-electron chi connectivity index (χ4n) is 3.96. The Kier molecular flexibility index (Phi) is 5.56. The highest BCUT2D eigenvalue weighted by molar-refractivity contribution is 6.30. The van der Waals surface area contributed by atoms with Crippen molar-refractivity contribution in [2.24, 2.45) is 4.99 Å². The van der Waals surface area contributed by atoms with Crippen LogP contribution in [0.4, 0.5) is 11.4 Å². The van der Waals surface area contributed by atoms with E-state index in [4.69, 9.17) is 21.6 Å². The molecule has 2 aromatic carbocycles. The number of rotatable bonds is 4. The Balaban J connectivity index is 1.83. The summed E-state index contributed by atoms with van der Waals surface area (Å²) in [5, 5.41) is 5.11. The fourth-order valence-corrected chi connectivity index (χ4v) is 4.08. The number of hydrogen-bond donors (Lipinski definition) is 1. The number of pyridine rings is 1. The molecule has 0 atom stereocenters. The Hall–Kier alpha value is -3.70. The van der Waals surface area contributed by atoms with Crippen LogP contribution in [0.15, 0.2) is 84.0 Å². The lowest BCUT2D eigenvalue weighted by Gasteiger charge is -2.20. The van der Waals surface area contributed by atoms with Gasteiger partial charge in [-0.2, -0.15) is 0 Å². The van der Waals surface area contributed by atoms with Crippen LogP contribution in [-0.2, 0) is 0 Å². The maximum atomic E-state index is 6.18. The molecule has 0 saturated heterocycles. The Bertz CT molecular complexity index is 1490. The van der Waals surface area contributed by atoms with Crippen molar-refractivity contribution in [1.29, 1.82) is 0 Å². The lowest BCUT2D eigenvalue weighted by Crippen LogP contribution is -2.16. The van der Waals surface area contributed by atoms with E-state index in [0.29, 0.717) is 5.02 Å². The summed E-state index contributed by atoms with van der Waals surface area (Å²) in [5.74, 6) is 0. The van der Waals surface area contributed by atoms with Crippen molar-refractivity contribution in [2.45, 2.75) is 26.8 Å². The van der Waals surface area contributed by atoms with Crippen molar-refractivity contribution in [3.05, 3.63) is 95.1 Å². The number of anilines is 2. The van der Waals surface area contributed by atoms with Gasteiger partial charge < -0.3 is 9.88 Å². The molecular formula is C27H24ClN5. The van der Waals surface area contributed by atoms with Gasteiger partial charge in [0, 0.05) is 22.9 Å². The summed E-state index contributed by atoms with van der Waals surface area (Å²) in [6.45, 7) is 6.15. The molecule has 0 fully saturated rings. The number of para-hydroxylation sites is 2. The molecule has 0 bridgehead atoms. The molecule has 5 rings (SSSR count). The zero-order valence-electron chi connectivity index (χ0n) is 18.7. The first kappa shape index (κ1) is 21.2. The second kappa shape index (κ2) is 8.68. The molecule has 1 N–H and O–H groups in total. The predicted molar refractivity (Wildman–Crippen MR) is 136 cm³/mol. The molecular weight excluding hydrogens is 430 g/mol. The topological polar surface area (TPSA) is 55.1 Å². The van der Waals surface area contributed by atoms with Gasteiger partial charge in [0.15, 0.2) is 0 Å². The summed E-state index contributed by atoms with van der Waals surface area (Å²) in [7, 11) is 0. The molecule has 0 amide bonds. The van der Waals surface area contributed by atoms with Crippen LogP contribution in [0.1, 0.15) is 19.5 Å². The van der Waals surface area contributed by atoms with Gasteiger partial charge in [-0.25, -0.2) is 4.98 Å². The van der Waals surface area contributed by atoms with E-state index >= 15 is 0 Å². The number of nitrogens with zero attached hydrogens (tertiary/aromatic N) is 4. The molecule has 0 saturated carbocycles. The van der Waals surface area contributed by atoms with Gasteiger partial charge in [0.25, 0.3) is 0 Å². The maximum Gasteiger partial charge on any atom is 0.0900 e. The Morgan fingerprint density at radius 1 is 0.939 bits per heavy atom. The van der Waals surface area contributed by atoms with Crippen LogP contribution in [0.5, 0.6) is 0 Å². The molecule has 164 valence electrons. The summed E-state index contributed by atoms with van der Waals surface area (Å²) in [5.41, 5.74) is 7.57. The molecule has 6 heteroatoms. The zero-order chi connectivity index (χ0) is 22.9. The molecule has 5 nitrogen and oxygen atoms in total. The first-order valence-electron chi connectivity index (χ1n) is 10.9. The monoisotopic (exact) mass is 453 g/mol. The average molecular weight is 454 g/mol. The van der Waals surface area contributed by atoms with Crippen molar-refractivity contribution < 1.29 is 0 Å². The summed E-state index contributed by atoms with van der Waals surface area (Å²) < 4.78 is 2.21. The highest BCUT2D eigenvalue weighted by Crippen LogP contribution is 2.31. The van der Waals surface area contributed by atoms with Crippen LogP contribution < -0.4 is 10.7 Å². The second-order valence-electron chi connectivity index (χ2n) is 8.25. The predicted octanol–water partition coefficient (Wildman–Crippen LogP) is 6.54. The smallest absolute Gasteiger partial charge is 0.0900 e. The Morgan fingerprint density at radius 2 is 1.73 bits per heavy atom. The fraction of sp³-hybridized carbons (Fsp3) is 0.148. The minimum Gasteiger partial charge on any atom is -0.352 e. The van der Waals surface area contributed by atoms with Crippen LogP contribution in [-0.4, -0.2) is 20.6 Å². The minimum absolute atomic E-state index is 0.135. The van der Waals surface area contributed by atoms with E-state index in [2.05, 4.69) is 46.9 Å². The van der Waals surface area contributed by atoms with Crippen LogP contribution in [0, 0.1) is 6.92 Å². The number of hydrogen-bond acceptors (Lipinski definition) is 4. The van der Waals surface area contributed by atoms with Crippen molar-refractivity contribution in [3.8, 4) is 17.1 Å². The van der Waals surface area contributed by atoms with Gasteiger partial charge in [-0.3, -0.25) is 9.98 Å². The number of nitrogens with one attached hydrogen (secondary N) is 1. The third-order valence-corrected chi connectivity index (χ3v) is 5.71. The number of fused-ring (bicyclic) bond motifs is 2. The molecule has 1 aromatic heterocycles. The van der Waals surface area contributed by atoms with Crippen LogP contribution in [0.3, 0.4) is 0 Å². The first-order valence-corrected chi connectivity index (χ1v) is 11.3. The summed E-state index contributed by atoms with van der Waals surface area (Å²) in [4.78, 5) is 14.3. The van der Waals surface area contributed by atoms with E-state index < -0.39 is 0 Å². The number of halogens is 1. The average Bonchev–Trinajstić information content (AvgIpc) is 2.80. The number of benzene rings is 3. The van der Waals surface area contributed by atoms with Gasteiger partial charge in [-0.05, 0) is 81.4 Å². The summed E-state index contributed by atoms with van der Waals surface area (Å²) in [6.07, 6.45) is 1.79. The molecule has 0 spiro atoms. The quantitative estimate of drug-likeness (QED) is 0.314. The third kappa shape index (κ3) is 4.20. The van der Waals surface area contributed by atoms with Gasteiger partial charge in [0.1, 0.15) is 0 Å². The Labute approximate surface area is 197 Å². The minimum atomic E-state index is 0.135. The highest BCUT2D eigenvalue weighted by Gasteiger charge is 2.17. The number of aryl methyl sites for hydroxylation is 1. The van der Waals surface area contributed by atoms with Crippen LogP contribution in [0.25, 0.3) is 28.1 Å². The van der Waals surface area contributed by atoms with E-state index in [1.807, 2.05) is 61.5 Å². The van der Waals surface area contributed by atoms with Gasteiger partial charge >= 0.3 is 0 Å². The largest absolute Gasteiger partial charge is 0.352 e.